The van der Waals surface area contributed by atoms with Gasteiger partial charge in [0.25, 0.3) is 0 Å². The van der Waals surface area contributed by atoms with Gasteiger partial charge in [0.05, 0.1) is 5.69 Å². The Balaban J connectivity index is 2.25. The standard InChI is InChI=1S/C18H16F5N3/c1-4-5-12(11(2)19)10-24-13-6-7-14(15(20)8-13)16-9-17(18(21,22)23)25-26(16)3/h4-9,24H,1-2,10H2,3H3/b12-5-. The second-order valence-electron chi connectivity index (χ2n) is 5.42. The van der Waals surface area contributed by atoms with E-state index in [4.69, 9.17) is 0 Å². The van der Waals surface area contributed by atoms with Crippen molar-refractivity contribution in [3.63, 3.8) is 0 Å². The number of hydrogen-bond acceptors (Lipinski definition) is 2. The van der Waals surface area contributed by atoms with Gasteiger partial charge in [0.2, 0.25) is 0 Å². The van der Waals surface area contributed by atoms with E-state index >= 15 is 0 Å². The van der Waals surface area contributed by atoms with Gasteiger partial charge in [0.1, 0.15) is 11.6 Å². The Kier molecular flexibility index (Phi) is 5.64. The second kappa shape index (κ2) is 7.55. The maximum Gasteiger partial charge on any atom is 0.435 e. The number of benzene rings is 1. The molecule has 0 saturated heterocycles. The first kappa shape index (κ1) is 19.4. The van der Waals surface area contributed by atoms with E-state index in [0.717, 1.165) is 16.8 Å². The van der Waals surface area contributed by atoms with E-state index in [2.05, 4.69) is 23.6 Å². The molecule has 1 aromatic heterocycles. The molecule has 0 bridgehead atoms. The average Bonchev–Trinajstić information content (AvgIpc) is 2.93. The van der Waals surface area contributed by atoms with Crippen LogP contribution < -0.4 is 5.32 Å². The van der Waals surface area contributed by atoms with Crippen molar-refractivity contribution in [3.05, 3.63) is 72.5 Å². The van der Waals surface area contributed by atoms with E-state index in [9.17, 15) is 22.0 Å². The van der Waals surface area contributed by atoms with Crippen LogP contribution in [0.3, 0.4) is 0 Å². The lowest BCUT2D eigenvalue weighted by molar-refractivity contribution is -0.141. The van der Waals surface area contributed by atoms with Crippen molar-refractivity contribution in [1.29, 1.82) is 0 Å². The van der Waals surface area contributed by atoms with Gasteiger partial charge >= 0.3 is 6.18 Å². The van der Waals surface area contributed by atoms with Crippen LogP contribution in [0.4, 0.5) is 27.6 Å². The molecule has 0 spiro atoms. The summed E-state index contributed by atoms with van der Waals surface area (Å²) < 4.78 is 66.8. The molecule has 1 heterocycles. The van der Waals surface area contributed by atoms with Crippen LogP contribution in [0.15, 0.2) is 61.0 Å². The fourth-order valence-electron chi connectivity index (χ4n) is 2.28. The average molecular weight is 369 g/mol. The molecule has 0 amide bonds. The van der Waals surface area contributed by atoms with Crippen molar-refractivity contribution in [2.75, 3.05) is 11.9 Å². The molecule has 3 nitrogen and oxygen atoms in total. The first-order valence-electron chi connectivity index (χ1n) is 7.45. The first-order valence-corrected chi connectivity index (χ1v) is 7.45. The third-order valence-electron chi connectivity index (χ3n) is 3.57. The number of halogens is 5. The van der Waals surface area contributed by atoms with Crippen LogP contribution >= 0.6 is 0 Å². The van der Waals surface area contributed by atoms with E-state index in [-0.39, 0.29) is 23.4 Å². The predicted octanol–water partition coefficient (Wildman–Crippen LogP) is 5.25. The molecular formula is C18H16F5N3. The molecule has 2 rings (SSSR count). The third-order valence-corrected chi connectivity index (χ3v) is 3.57. The summed E-state index contributed by atoms with van der Waals surface area (Å²) in [5, 5.41) is 6.18. The lowest BCUT2D eigenvalue weighted by Gasteiger charge is -2.10. The number of allylic oxidation sites excluding steroid dienone is 2. The molecule has 0 fully saturated rings. The Morgan fingerprint density at radius 1 is 1.31 bits per heavy atom. The van der Waals surface area contributed by atoms with Crippen LogP contribution in [0.25, 0.3) is 11.3 Å². The molecule has 2 aromatic rings. The van der Waals surface area contributed by atoms with Gasteiger partial charge in [-0.2, -0.15) is 18.3 Å². The van der Waals surface area contributed by atoms with Gasteiger partial charge in [0, 0.05) is 30.4 Å². The normalized spacial score (nSPS) is 12.2. The molecule has 0 atom stereocenters. The lowest BCUT2D eigenvalue weighted by atomic mass is 10.1. The minimum absolute atomic E-state index is 0.00856. The van der Waals surface area contributed by atoms with Crippen molar-refractivity contribution < 1.29 is 22.0 Å². The second-order valence-corrected chi connectivity index (χ2v) is 5.42. The van der Waals surface area contributed by atoms with Crippen LogP contribution in [0.5, 0.6) is 0 Å². The predicted molar refractivity (Wildman–Crippen MR) is 90.6 cm³/mol. The first-order chi connectivity index (χ1) is 12.1. The largest absolute Gasteiger partial charge is 0.435 e. The molecule has 1 N–H and O–H groups in total. The number of nitrogens with one attached hydrogen (secondary N) is 1. The molecule has 0 aliphatic rings. The van der Waals surface area contributed by atoms with Crippen LogP contribution in [0.2, 0.25) is 0 Å². The molecule has 0 aliphatic carbocycles. The number of anilines is 1. The van der Waals surface area contributed by atoms with Gasteiger partial charge in [0.15, 0.2) is 5.69 Å². The van der Waals surface area contributed by atoms with Crippen LogP contribution in [0.1, 0.15) is 5.69 Å². The van der Waals surface area contributed by atoms with Gasteiger partial charge < -0.3 is 5.32 Å². The summed E-state index contributed by atoms with van der Waals surface area (Å²) in [5.41, 5.74) is -0.563. The van der Waals surface area contributed by atoms with Crippen LogP contribution in [0, 0.1) is 5.82 Å². The van der Waals surface area contributed by atoms with Crippen molar-refractivity contribution in [2.24, 2.45) is 7.05 Å². The maximum absolute atomic E-state index is 14.4. The number of aryl methyl sites for hydroxylation is 1. The van der Waals surface area contributed by atoms with Crippen molar-refractivity contribution in [3.8, 4) is 11.3 Å². The fourth-order valence-corrected chi connectivity index (χ4v) is 2.28. The molecule has 26 heavy (non-hydrogen) atoms. The summed E-state index contributed by atoms with van der Waals surface area (Å²) in [6.07, 6.45) is -1.79. The number of nitrogens with zero attached hydrogens (tertiary/aromatic N) is 2. The summed E-state index contributed by atoms with van der Waals surface area (Å²) in [6, 6.07) is 4.70. The Morgan fingerprint density at radius 2 is 2.00 bits per heavy atom. The van der Waals surface area contributed by atoms with Gasteiger partial charge in [-0.15, -0.1) is 0 Å². The molecule has 0 saturated carbocycles. The molecular weight excluding hydrogens is 353 g/mol. The lowest BCUT2D eigenvalue weighted by Crippen LogP contribution is -2.06. The topological polar surface area (TPSA) is 29.9 Å². The molecule has 8 heteroatoms. The zero-order valence-electron chi connectivity index (χ0n) is 13.9. The summed E-state index contributed by atoms with van der Waals surface area (Å²) in [6.45, 7) is 6.70. The van der Waals surface area contributed by atoms with Crippen molar-refractivity contribution in [2.45, 2.75) is 6.18 Å². The number of hydrogen-bond donors (Lipinski definition) is 1. The summed E-state index contributed by atoms with van der Waals surface area (Å²) in [5.74, 6) is -1.39. The SMILES string of the molecule is C=C/C=C(/CNc1ccc(-c2cc(C(F)(F)F)nn2C)c(F)c1)C(=C)F. The Morgan fingerprint density at radius 3 is 2.50 bits per heavy atom. The Hall–Kier alpha value is -2.90. The Bertz CT molecular complexity index is 862. The highest BCUT2D eigenvalue weighted by Gasteiger charge is 2.35. The summed E-state index contributed by atoms with van der Waals surface area (Å²) >= 11 is 0. The highest BCUT2D eigenvalue weighted by Crippen LogP contribution is 2.32. The zero-order chi connectivity index (χ0) is 19.5. The molecule has 0 radical (unpaired) electrons. The van der Waals surface area contributed by atoms with E-state index in [0.29, 0.717) is 5.69 Å². The highest BCUT2D eigenvalue weighted by atomic mass is 19.4. The maximum atomic E-state index is 14.4. The monoisotopic (exact) mass is 369 g/mol. The zero-order valence-corrected chi connectivity index (χ0v) is 13.9. The van der Waals surface area contributed by atoms with Crippen molar-refractivity contribution in [1.82, 2.24) is 9.78 Å². The smallest absolute Gasteiger partial charge is 0.381 e. The summed E-state index contributed by atoms with van der Waals surface area (Å²) in [4.78, 5) is 0. The third kappa shape index (κ3) is 4.38. The van der Waals surface area contributed by atoms with E-state index in [1.807, 2.05) is 0 Å². The van der Waals surface area contributed by atoms with Gasteiger partial charge in [-0.1, -0.05) is 25.3 Å². The van der Waals surface area contributed by atoms with Gasteiger partial charge in [-0.05, 0) is 24.3 Å². The highest BCUT2D eigenvalue weighted by molar-refractivity contribution is 5.64. The minimum atomic E-state index is -4.61. The van der Waals surface area contributed by atoms with E-state index < -0.39 is 23.5 Å². The molecule has 0 unspecified atom stereocenters. The fraction of sp³-hybridized carbons (Fsp3) is 0.167. The van der Waals surface area contributed by atoms with Gasteiger partial charge in [-0.25, -0.2) is 8.78 Å². The number of rotatable bonds is 6. The van der Waals surface area contributed by atoms with E-state index in [1.54, 1.807) is 0 Å². The van der Waals surface area contributed by atoms with Crippen LogP contribution in [-0.4, -0.2) is 16.3 Å². The number of alkyl halides is 3. The molecule has 138 valence electrons. The molecule has 0 aliphatic heterocycles. The Labute approximate surface area is 147 Å². The quantitative estimate of drug-likeness (QED) is 0.557. The number of aromatic nitrogens is 2. The van der Waals surface area contributed by atoms with Gasteiger partial charge in [-0.3, -0.25) is 4.68 Å². The van der Waals surface area contributed by atoms with E-state index in [1.165, 1.54) is 31.3 Å². The van der Waals surface area contributed by atoms with Crippen molar-refractivity contribution >= 4 is 5.69 Å². The minimum Gasteiger partial charge on any atom is -0.381 e. The molecule has 1 aromatic carbocycles. The summed E-state index contributed by atoms with van der Waals surface area (Å²) in [7, 11) is 1.30. The van der Waals surface area contributed by atoms with Crippen LogP contribution in [-0.2, 0) is 13.2 Å².